The molecule has 0 amide bonds. The topological polar surface area (TPSA) is 72.6 Å². The molecule has 7 heteroatoms. The summed E-state index contributed by atoms with van der Waals surface area (Å²) in [5.41, 5.74) is 5.86. The number of sulfonamides is 1. The summed E-state index contributed by atoms with van der Waals surface area (Å²) in [6.07, 6.45) is 1.45. The lowest BCUT2D eigenvalue weighted by Crippen LogP contribution is -2.49. The second-order valence-corrected chi connectivity index (χ2v) is 7.26. The van der Waals surface area contributed by atoms with Gasteiger partial charge in [0.15, 0.2) is 0 Å². The van der Waals surface area contributed by atoms with Crippen LogP contribution in [0.4, 0.5) is 0 Å². The molecule has 0 radical (unpaired) electrons. The Labute approximate surface area is 132 Å². The number of benzene rings is 1. The lowest BCUT2D eigenvalue weighted by atomic mass is 10.0. The second-order valence-electron chi connectivity index (χ2n) is 5.22. The Balaban J connectivity index is 0.00000220. The Bertz CT molecular complexity index is 524. The van der Waals surface area contributed by atoms with Gasteiger partial charge in [0.05, 0.1) is 5.75 Å². The van der Waals surface area contributed by atoms with Gasteiger partial charge in [0, 0.05) is 18.6 Å². The number of ether oxygens (including phenoxy) is 1. The maximum Gasteiger partial charge on any atom is 0.217 e. The molecule has 0 unspecified atom stereocenters. The largest absolute Gasteiger partial charge is 0.492 e. The molecule has 21 heavy (non-hydrogen) atoms. The monoisotopic (exact) mass is 334 g/mol. The van der Waals surface area contributed by atoms with E-state index in [-0.39, 0.29) is 36.9 Å². The number of nitrogens with two attached hydrogens (primary N) is 1. The van der Waals surface area contributed by atoms with E-state index in [2.05, 4.69) is 0 Å². The third-order valence-electron chi connectivity index (χ3n) is 3.57. The average molecular weight is 335 g/mol. The molecule has 1 aromatic carbocycles. The van der Waals surface area contributed by atoms with Crippen LogP contribution in [-0.2, 0) is 10.0 Å². The Morgan fingerprint density at radius 2 is 2.00 bits per heavy atom. The summed E-state index contributed by atoms with van der Waals surface area (Å²) in [6.45, 7) is 2.59. The first-order valence-corrected chi connectivity index (χ1v) is 8.53. The summed E-state index contributed by atoms with van der Waals surface area (Å²) in [4.78, 5) is 0. The van der Waals surface area contributed by atoms with Gasteiger partial charge in [0.2, 0.25) is 10.0 Å². The molecule has 2 atom stereocenters. The van der Waals surface area contributed by atoms with Crippen molar-refractivity contribution in [1.82, 2.24) is 4.31 Å². The average Bonchev–Trinajstić information content (AvgIpc) is 2.39. The highest BCUT2D eigenvalue weighted by Gasteiger charge is 2.31. The molecule has 0 aliphatic carbocycles. The zero-order valence-electron chi connectivity index (χ0n) is 12.1. The zero-order chi connectivity index (χ0) is 14.6. The number of hydrogen-bond donors (Lipinski definition) is 1. The van der Waals surface area contributed by atoms with Gasteiger partial charge in [-0.15, -0.1) is 12.4 Å². The van der Waals surface area contributed by atoms with Crippen LogP contribution in [0.2, 0.25) is 0 Å². The van der Waals surface area contributed by atoms with Gasteiger partial charge in [-0.2, -0.15) is 4.31 Å². The first-order chi connectivity index (χ1) is 9.49. The summed E-state index contributed by atoms with van der Waals surface area (Å²) >= 11 is 0. The third kappa shape index (κ3) is 5.14. The van der Waals surface area contributed by atoms with E-state index in [0.29, 0.717) is 12.3 Å². The number of hydrogen-bond acceptors (Lipinski definition) is 4. The van der Waals surface area contributed by atoms with Crippen LogP contribution in [0.5, 0.6) is 5.75 Å². The summed E-state index contributed by atoms with van der Waals surface area (Å²) in [5.74, 6) is 0.693. The molecule has 0 saturated carbocycles. The van der Waals surface area contributed by atoms with Gasteiger partial charge in [-0.3, -0.25) is 0 Å². The summed E-state index contributed by atoms with van der Waals surface area (Å²) in [6, 6.07) is 9.32. The second kappa shape index (κ2) is 7.98. The van der Waals surface area contributed by atoms with Gasteiger partial charge in [-0.1, -0.05) is 18.2 Å². The highest BCUT2D eigenvalue weighted by molar-refractivity contribution is 7.89. The SMILES string of the molecule is C[C@@H]1C[C@H](N)CCN1S(=O)(=O)CCOc1ccccc1.Cl. The van der Waals surface area contributed by atoms with Gasteiger partial charge in [0.1, 0.15) is 12.4 Å². The lowest BCUT2D eigenvalue weighted by Gasteiger charge is -2.35. The van der Waals surface area contributed by atoms with E-state index in [0.717, 1.165) is 12.8 Å². The first kappa shape index (κ1) is 18.2. The van der Waals surface area contributed by atoms with Gasteiger partial charge >= 0.3 is 0 Å². The number of halogens is 1. The normalized spacial score (nSPS) is 23.3. The highest BCUT2D eigenvalue weighted by atomic mass is 35.5. The quantitative estimate of drug-likeness (QED) is 0.888. The number of rotatable bonds is 5. The number of para-hydroxylation sites is 1. The molecule has 1 aliphatic heterocycles. The van der Waals surface area contributed by atoms with Crippen molar-refractivity contribution in [2.24, 2.45) is 5.73 Å². The third-order valence-corrected chi connectivity index (χ3v) is 5.51. The minimum atomic E-state index is -3.27. The van der Waals surface area contributed by atoms with E-state index < -0.39 is 10.0 Å². The van der Waals surface area contributed by atoms with Crippen LogP contribution in [0.1, 0.15) is 19.8 Å². The molecule has 1 aromatic rings. The van der Waals surface area contributed by atoms with Gasteiger partial charge in [0.25, 0.3) is 0 Å². The fourth-order valence-corrected chi connectivity index (χ4v) is 4.05. The summed E-state index contributed by atoms with van der Waals surface area (Å²) in [5, 5.41) is 0. The smallest absolute Gasteiger partial charge is 0.217 e. The number of piperidine rings is 1. The van der Waals surface area contributed by atoms with Gasteiger partial charge < -0.3 is 10.5 Å². The van der Waals surface area contributed by atoms with Crippen LogP contribution >= 0.6 is 12.4 Å². The van der Waals surface area contributed by atoms with Crippen LogP contribution in [-0.4, -0.2) is 43.7 Å². The number of nitrogens with zero attached hydrogens (tertiary/aromatic N) is 1. The minimum Gasteiger partial charge on any atom is -0.492 e. The van der Waals surface area contributed by atoms with E-state index >= 15 is 0 Å². The molecule has 1 fully saturated rings. The molecule has 0 aromatic heterocycles. The summed E-state index contributed by atoms with van der Waals surface area (Å²) < 4.78 is 31.6. The molecule has 1 heterocycles. The van der Waals surface area contributed by atoms with Crippen molar-refractivity contribution in [1.29, 1.82) is 0 Å². The first-order valence-electron chi connectivity index (χ1n) is 6.92. The van der Waals surface area contributed by atoms with Crippen molar-refractivity contribution in [2.45, 2.75) is 31.8 Å². The molecular weight excluding hydrogens is 312 g/mol. The van der Waals surface area contributed by atoms with E-state index in [4.69, 9.17) is 10.5 Å². The van der Waals surface area contributed by atoms with Crippen LogP contribution in [0.25, 0.3) is 0 Å². The van der Waals surface area contributed by atoms with Crippen molar-refractivity contribution in [3.05, 3.63) is 30.3 Å². The molecule has 120 valence electrons. The fourth-order valence-electron chi connectivity index (χ4n) is 2.50. The predicted octanol–water partition coefficient (Wildman–Crippen LogP) is 1.63. The van der Waals surface area contributed by atoms with E-state index in [1.807, 2.05) is 37.3 Å². The molecule has 2 rings (SSSR count). The lowest BCUT2D eigenvalue weighted by molar-refractivity contribution is 0.244. The van der Waals surface area contributed by atoms with Crippen molar-refractivity contribution in [2.75, 3.05) is 18.9 Å². The minimum absolute atomic E-state index is 0. The van der Waals surface area contributed by atoms with Crippen LogP contribution < -0.4 is 10.5 Å². The standard InChI is InChI=1S/C14H22N2O3S.ClH/c1-12-11-13(15)7-8-16(12)20(17,18)10-9-19-14-5-3-2-4-6-14;/h2-6,12-13H,7-11,15H2,1H3;1H/t12-,13-;/m1./s1. The van der Waals surface area contributed by atoms with E-state index in [9.17, 15) is 8.42 Å². The van der Waals surface area contributed by atoms with Crippen molar-refractivity contribution in [3.8, 4) is 5.75 Å². The van der Waals surface area contributed by atoms with Crippen LogP contribution in [0.3, 0.4) is 0 Å². The van der Waals surface area contributed by atoms with Crippen molar-refractivity contribution in [3.63, 3.8) is 0 Å². The molecule has 1 aliphatic rings. The van der Waals surface area contributed by atoms with Crippen LogP contribution in [0, 0.1) is 0 Å². The van der Waals surface area contributed by atoms with Crippen molar-refractivity contribution < 1.29 is 13.2 Å². The molecule has 0 bridgehead atoms. The van der Waals surface area contributed by atoms with Crippen molar-refractivity contribution >= 4 is 22.4 Å². The Morgan fingerprint density at radius 1 is 1.33 bits per heavy atom. The van der Waals surface area contributed by atoms with Gasteiger partial charge in [-0.05, 0) is 31.9 Å². The maximum atomic E-state index is 12.3. The Morgan fingerprint density at radius 3 is 2.62 bits per heavy atom. The molecular formula is C14H23ClN2O3S. The maximum absolute atomic E-state index is 12.3. The molecule has 1 saturated heterocycles. The Hall–Kier alpha value is -0.820. The molecule has 2 N–H and O–H groups in total. The predicted molar refractivity (Wildman–Crippen MR) is 86.3 cm³/mol. The molecule has 0 spiro atoms. The summed E-state index contributed by atoms with van der Waals surface area (Å²) in [7, 11) is -3.27. The van der Waals surface area contributed by atoms with E-state index in [1.54, 1.807) is 4.31 Å². The van der Waals surface area contributed by atoms with Crippen LogP contribution in [0.15, 0.2) is 30.3 Å². The van der Waals surface area contributed by atoms with E-state index in [1.165, 1.54) is 0 Å². The fraction of sp³-hybridized carbons (Fsp3) is 0.571. The molecule has 5 nitrogen and oxygen atoms in total. The highest BCUT2D eigenvalue weighted by Crippen LogP contribution is 2.20. The Kier molecular flexibility index (Phi) is 6.93. The van der Waals surface area contributed by atoms with Gasteiger partial charge in [-0.25, -0.2) is 8.42 Å². The zero-order valence-corrected chi connectivity index (χ0v) is 13.8.